The minimum absolute atomic E-state index is 0.0578. The van der Waals surface area contributed by atoms with Crippen molar-refractivity contribution in [2.75, 3.05) is 6.54 Å². The van der Waals surface area contributed by atoms with Crippen LogP contribution in [0.2, 0.25) is 0 Å². The lowest BCUT2D eigenvalue weighted by Crippen LogP contribution is -2.40. The van der Waals surface area contributed by atoms with Crippen LogP contribution in [-0.2, 0) is 14.4 Å². The summed E-state index contributed by atoms with van der Waals surface area (Å²) in [5.74, 6) is -1.13. The minimum atomic E-state index is -0.998. The Hall–Kier alpha value is -1.59. The lowest BCUT2D eigenvalue weighted by molar-refractivity contribution is -0.142. The van der Waals surface area contributed by atoms with Crippen LogP contribution in [0, 0.1) is 0 Å². The van der Waals surface area contributed by atoms with Gasteiger partial charge in [0.05, 0.1) is 0 Å². The summed E-state index contributed by atoms with van der Waals surface area (Å²) in [4.78, 5) is 34.4. The molecule has 0 radical (unpaired) electrons. The van der Waals surface area contributed by atoms with Crippen LogP contribution in [0.1, 0.15) is 84.5 Å². The number of hydrogen-bond donors (Lipinski definition) is 3. The zero-order valence-corrected chi connectivity index (χ0v) is 15.2. The van der Waals surface area contributed by atoms with E-state index >= 15 is 0 Å². The summed E-state index contributed by atoms with van der Waals surface area (Å²) in [6.07, 6.45) is 8.55. The van der Waals surface area contributed by atoms with E-state index in [1.807, 2.05) is 0 Å². The second-order valence-electron chi connectivity index (χ2n) is 6.22. The van der Waals surface area contributed by atoms with Gasteiger partial charge in [-0.25, -0.2) is 4.79 Å². The summed E-state index contributed by atoms with van der Waals surface area (Å²) in [5.41, 5.74) is 0. The molecule has 0 aromatic carbocycles. The molecule has 0 spiro atoms. The van der Waals surface area contributed by atoms with E-state index < -0.39 is 12.0 Å². The van der Waals surface area contributed by atoms with Gasteiger partial charge in [-0.05, 0) is 32.1 Å². The Labute approximate surface area is 145 Å². The Balaban J connectivity index is 3.83. The maximum atomic E-state index is 11.7. The van der Waals surface area contributed by atoms with Gasteiger partial charge < -0.3 is 15.7 Å². The maximum Gasteiger partial charge on any atom is 0.326 e. The van der Waals surface area contributed by atoms with E-state index in [1.165, 1.54) is 0 Å². The molecular weight excluding hydrogens is 308 g/mol. The molecule has 0 fully saturated rings. The number of aliphatic carboxylic acids is 1. The molecule has 140 valence electrons. The smallest absolute Gasteiger partial charge is 0.326 e. The highest BCUT2D eigenvalue weighted by molar-refractivity contribution is 5.83. The first-order valence-corrected chi connectivity index (χ1v) is 9.30. The Morgan fingerprint density at radius 3 is 1.96 bits per heavy atom. The summed E-state index contributed by atoms with van der Waals surface area (Å²) < 4.78 is 0. The molecule has 1 atom stereocenters. The van der Waals surface area contributed by atoms with Gasteiger partial charge >= 0.3 is 5.97 Å². The van der Waals surface area contributed by atoms with Crippen LogP contribution >= 0.6 is 0 Å². The fourth-order valence-electron chi connectivity index (χ4n) is 2.38. The first-order chi connectivity index (χ1) is 11.5. The third kappa shape index (κ3) is 12.9. The van der Waals surface area contributed by atoms with Gasteiger partial charge in [-0.3, -0.25) is 9.59 Å². The number of unbranched alkanes of at least 4 members (excludes halogenated alkanes) is 5. The maximum absolute atomic E-state index is 11.7. The molecule has 0 aliphatic rings. The quantitative estimate of drug-likeness (QED) is 0.399. The van der Waals surface area contributed by atoms with Crippen LogP contribution in [0.5, 0.6) is 0 Å². The molecule has 24 heavy (non-hydrogen) atoms. The minimum Gasteiger partial charge on any atom is -0.480 e. The molecule has 0 bridgehead atoms. The highest BCUT2D eigenvalue weighted by atomic mass is 16.4. The van der Waals surface area contributed by atoms with Crippen LogP contribution < -0.4 is 10.6 Å². The van der Waals surface area contributed by atoms with Gasteiger partial charge in [0.15, 0.2) is 0 Å². The van der Waals surface area contributed by atoms with E-state index in [-0.39, 0.29) is 11.8 Å². The van der Waals surface area contributed by atoms with E-state index in [2.05, 4.69) is 24.5 Å². The number of carbonyl (C=O) groups is 3. The molecule has 0 unspecified atom stereocenters. The summed E-state index contributed by atoms with van der Waals surface area (Å²) in [7, 11) is 0. The number of hydrogen-bond acceptors (Lipinski definition) is 3. The molecule has 0 rings (SSSR count). The second kappa shape index (κ2) is 15.0. The number of carboxylic acid groups (broad SMARTS) is 1. The number of amides is 2. The van der Waals surface area contributed by atoms with Crippen molar-refractivity contribution in [2.45, 2.75) is 90.5 Å². The molecule has 2 amide bonds. The van der Waals surface area contributed by atoms with Crippen molar-refractivity contribution in [1.82, 2.24) is 10.6 Å². The SMILES string of the molecule is CCCCCC(=O)NCCCC[C@H](NC(=O)CCCCC)C(=O)O. The third-order valence-corrected chi connectivity index (χ3v) is 3.89. The molecule has 0 aliphatic carbocycles. The highest BCUT2D eigenvalue weighted by Crippen LogP contribution is 2.04. The zero-order chi connectivity index (χ0) is 18.2. The summed E-state index contributed by atoms with van der Waals surface area (Å²) in [6.45, 7) is 4.71. The molecule has 0 saturated carbocycles. The van der Waals surface area contributed by atoms with E-state index in [0.29, 0.717) is 32.2 Å². The molecule has 0 aromatic rings. The Bertz CT molecular complexity index is 372. The predicted octanol–water partition coefficient (Wildman–Crippen LogP) is 3.00. The van der Waals surface area contributed by atoms with Crippen molar-refractivity contribution in [3.05, 3.63) is 0 Å². The van der Waals surface area contributed by atoms with Crippen LogP contribution in [0.25, 0.3) is 0 Å². The van der Waals surface area contributed by atoms with Crippen LogP contribution in [0.3, 0.4) is 0 Å². The lowest BCUT2D eigenvalue weighted by atomic mass is 10.1. The standard InChI is InChI=1S/C18H34N2O4/c1-3-5-7-12-16(21)19-14-10-9-11-15(18(23)24)20-17(22)13-8-6-4-2/h15H,3-14H2,1-2H3,(H,19,21)(H,20,22)(H,23,24)/t15-/m0/s1. The van der Waals surface area contributed by atoms with Gasteiger partial charge in [-0.2, -0.15) is 0 Å². The van der Waals surface area contributed by atoms with E-state index in [4.69, 9.17) is 0 Å². The topological polar surface area (TPSA) is 95.5 Å². The van der Waals surface area contributed by atoms with E-state index in [9.17, 15) is 19.5 Å². The average molecular weight is 342 g/mol. The van der Waals surface area contributed by atoms with Gasteiger partial charge in [0.2, 0.25) is 11.8 Å². The van der Waals surface area contributed by atoms with Gasteiger partial charge in [0, 0.05) is 19.4 Å². The monoisotopic (exact) mass is 342 g/mol. The van der Waals surface area contributed by atoms with Crippen LogP contribution in [0.15, 0.2) is 0 Å². The van der Waals surface area contributed by atoms with E-state index in [0.717, 1.165) is 44.9 Å². The molecular formula is C18H34N2O4. The molecule has 0 heterocycles. The summed E-state index contributed by atoms with van der Waals surface area (Å²) >= 11 is 0. The van der Waals surface area contributed by atoms with Crippen molar-refractivity contribution in [1.29, 1.82) is 0 Å². The predicted molar refractivity (Wildman–Crippen MR) is 94.7 cm³/mol. The van der Waals surface area contributed by atoms with Crippen molar-refractivity contribution in [3.63, 3.8) is 0 Å². The highest BCUT2D eigenvalue weighted by Gasteiger charge is 2.18. The van der Waals surface area contributed by atoms with Gasteiger partial charge in [-0.1, -0.05) is 39.5 Å². The Morgan fingerprint density at radius 1 is 0.833 bits per heavy atom. The van der Waals surface area contributed by atoms with Gasteiger partial charge in [0.25, 0.3) is 0 Å². The third-order valence-electron chi connectivity index (χ3n) is 3.89. The fraction of sp³-hybridized carbons (Fsp3) is 0.833. The van der Waals surface area contributed by atoms with Crippen molar-refractivity contribution in [3.8, 4) is 0 Å². The average Bonchev–Trinajstić information content (AvgIpc) is 2.53. The van der Waals surface area contributed by atoms with Crippen molar-refractivity contribution >= 4 is 17.8 Å². The Morgan fingerprint density at radius 2 is 1.42 bits per heavy atom. The lowest BCUT2D eigenvalue weighted by Gasteiger charge is -2.14. The molecule has 0 aromatic heterocycles. The van der Waals surface area contributed by atoms with Gasteiger partial charge in [-0.15, -0.1) is 0 Å². The normalized spacial score (nSPS) is 11.8. The number of carboxylic acids is 1. The molecule has 6 nitrogen and oxygen atoms in total. The molecule has 0 aliphatic heterocycles. The summed E-state index contributed by atoms with van der Waals surface area (Å²) in [5, 5.41) is 14.6. The van der Waals surface area contributed by atoms with Crippen LogP contribution in [-0.4, -0.2) is 35.5 Å². The first kappa shape index (κ1) is 22.4. The first-order valence-electron chi connectivity index (χ1n) is 9.30. The fourth-order valence-corrected chi connectivity index (χ4v) is 2.38. The van der Waals surface area contributed by atoms with Gasteiger partial charge in [0.1, 0.15) is 6.04 Å². The van der Waals surface area contributed by atoms with Crippen molar-refractivity contribution in [2.24, 2.45) is 0 Å². The summed E-state index contributed by atoms with van der Waals surface area (Å²) in [6, 6.07) is -0.834. The van der Waals surface area contributed by atoms with Crippen molar-refractivity contribution < 1.29 is 19.5 Å². The molecule has 3 N–H and O–H groups in total. The Kier molecular flexibility index (Phi) is 14.0. The second-order valence-corrected chi connectivity index (χ2v) is 6.22. The number of rotatable bonds is 15. The van der Waals surface area contributed by atoms with E-state index in [1.54, 1.807) is 0 Å². The van der Waals surface area contributed by atoms with Crippen LogP contribution in [0.4, 0.5) is 0 Å². The number of carbonyl (C=O) groups excluding carboxylic acids is 2. The molecule has 0 saturated heterocycles. The zero-order valence-electron chi connectivity index (χ0n) is 15.2. The molecule has 6 heteroatoms. The largest absolute Gasteiger partial charge is 0.480 e. The number of nitrogens with one attached hydrogen (secondary N) is 2.